The van der Waals surface area contributed by atoms with Gasteiger partial charge in [0.25, 0.3) is 0 Å². The van der Waals surface area contributed by atoms with Crippen molar-refractivity contribution in [2.24, 2.45) is 0 Å². The van der Waals surface area contributed by atoms with Crippen molar-refractivity contribution in [1.29, 1.82) is 0 Å². The van der Waals surface area contributed by atoms with Gasteiger partial charge in [-0.2, -0.15) is 0 Å². The Bertz CT molecular complexity index is 454. The molecule has 1 aromatic rings. The molecule has 0 saturated carbocycles. The Morgan fingerprint density at radius 2 is 1.40 bits per heavy atom. The summed E-state index contributed by atoms with van der Waals surface area (Å²) in [5.41, 5.74) is 2.18. The van der Waals surface area contributed by atoms with Crippen LogP contribution in [0.15, 0.2) is 49.8 Å². The van der Waals surface area contributed by atoms with Crippen molar-refractivity contribution >= 4 is 11.8 Å². The Kier molecular flexibility index (Phi) is 6.82. The smallest absolute Gasteiger partial charge is 0.224 e. The standard InChI is InChI=1S/C16H20N2O2/c1-3-17-15(19)10-8-13-6-5-7-14(12-13)9-11-16(20)18-4-2/h3-7,12H,1-2,8-11H2,(H,17,19)(H,18,20). The first-order valence-corrected chi connectivity index (χ1v) is 6.54. The fourth-order valence-corrected chi connectivity index (χ4v) is 1.83. The van der Waals surface area contributed by atoms with Crippen molar-refractivity contribution in [1.82, 2.24) is 10.6 Å². The summed E-state index contributed by atoms with van der Waals surface area (Å²) < 4.78 is 0. The Morgan fingerprint density at radius 3 is 1.80 bits per heavy atom. The van der Waals surface area contributed by atoms with Crippen LogP contribution in [0.4, 0.5) is 0 Å². The molecule has 0 unspecified atom stereocenters. The number of hydrogen-bond acceptors (Lipinski definition) is 2. The maximum absolute atomic E-state index is 11.3. The van der Waals surface area contributed by atoms with Crippen LogP contribution in [-0.4, -0.2) is 11.8 Å². The summed E-state index contributed by atoms with van der Waals surface area (Å²) in [5.74, 6) is -0.0912. The van der Waals surface area contributed by atoms with Crippen LogP contribution in [0.5, 0.6) is 0 Å². The van der Waals surface area contributed by atoms with Gasteiger partial charge in [-0.1, -0.05) is 37.4 Å². The van der Waals surface area contributed by atoms with Crippen molar-refractivity contribution in [2.45, 2.75) is 25.7 Å². The molecule has 0 fully saturated rings. The summed E-state index contributed by atoms with van der Waals surface area (Å²) in [7, 11) is 0. The lowest BCUT2D eigenvalue weighted by Crippen LogP contribution is -2.17. The van der Waals surface area contributed by atoms with Gasteiger partial charge in [0, 0.05) is 12.8 Å². The van der Waals surface area contributed by atoms with Gasteiger partial charge in [-0.3, -0.25) is 9.59 Å². The largest absolute Gasteiger partial charge is 0.333 e. The van der Waals surface area contributed by atoms with Crippen molar-refractivity contribution < 1.29 is 9.59 Å². The summed E-state index contributed by atoms with van der Waals surface area (Å²) in [6.45, 7) is 6.90. The average molecular weight is 272 g/mol. The van der Waals surface area contributed by atoms with Crippen LogP contribution in [0.1, 0.15) is 24.0 Å². The molecule has 2 amide bonds. The van der Waals surface area contributed by atoms with Crippen LogP contribution in [0, 0.1) is 0 Å². The van der Waals surface area contributed by atoms with Crippen LogP contribution in [-0.2, 0) is 22.4 Å². The number of nitrogens with one attached hydrogen (secondary N) is 2. The predicted molar refractivity (Wildman–Crippen MR) is 79.8 cm³/mol. The molecule has 0 heterocycles. The molecule has 20 heavy (non-hydrogen) atoms. The molecule has 0 aliphatic heterocycles. The van der Waals surface area contributed by atoms with Crippen LogP contribution in [0.3, 0.4) is 0 Å². The molecule has 1 aromatic carbocycles. The zero-order chi connectivity index (χ0) is 14.8. The second kappa shape index (κ2) is 8.69. The van der Waals surface area contributed by atoms with E-state index in [-0.39, 0.29) is 11.8 Å². The quantitative estimate of drug-likeness (QED) is 0.761. The maximum atomic E-state index is 11.3. The van der Waals surface area contributed by atoms with Gasteiger partial charge in [0.15, 0.2) is 0 Å². The highest BCUT2D eigenvalue weighted by Crippen LogP contribution is 2.09. The highest BCUT2D eigenvalue weighted by Gasteiger charge is 2.03. The molecule has 0 bridgehead atoms. The van der Waals surface area contributed by atoms with E-state index in [0.717, 1.165) is 11.1 Å². The molecule has 0 saturated heterocycles. The van der Waals surface area contributed by atoms with Gasteiger partial charge in [-0.25, -0.2) is 0 Å². The highest BCUT2D eigenvalue weighted by atomic mass is 16.2. The lowest BCUT2D eigenvalue weighted by Gasteiger charge is -2.05. The van der Waals surface area contributed by atoms with Crippen LogP contribution >= 0.6 is 0 Å². The predicted octanol–water partition coefficient (Wildman–Crippen LogP) is 2.07. The number of carbonyl (C=O) groups is 2. The summed E-state index contributed by atoms with van der Waals surface area (Å²) in [6.07, 6.45) is 4.96. The molecule has 0 aliphatic rings. The highest BCUT2D eigenvalue weighted by molar-refractivity contribution is 5.77. The van der Waals surface area contributed by atoms with E-state index in [4.69, 9.17) is 0 Å². The summed E-state index contributed by atoms with van der Waals surface area (Å²) in [4.78, 5) is 22.7. The molecule has 4 heteroatoms. The fourth-order valence-electron chi connectivity index (χ4n) is 1.83. The van der Waals surface area contributed by atoms with E-state index in [1.165, 1.54) is 12.4 Å². The molecular formula is C16H20N2O2. The topological polar surface area (TPSA) is 58.2 Å². The molecule has 0 radical (unpaired) electrons. The molecule has 4 nitrogen and oxygen atoms in total. The first-order valence-electron chi connectivity index (χ1n) is 6.54. The average Bonchev–Trinajstić information content (AvgIpc) is 2.44. The fraction of sp³-hybridized carbons (Fsp3) is 0.250. The third-order valence-electron chi connectivity index (χ3n) is 2.80. The van der Waals surface area contributed by atoms with Gasteiger partial charge in [0.05, 0.1) is 0 Å². The first kappa shape index (κ1) is 15.7. The lowest BCUT2D eigenvalue weighted by atomic mass is 10.0. The first-order chi connectivity index (χ1) is 9.65. The van der Waals surface area contributed by atoms with E-state index >= 15 is 0 Å². The number of benzene rings is 1. The SMILES string of the molecule is C=CNC(=O)CCc1cccc(CCC(=O)NC=C)c1. The van der Waals surface area contributed by atoms with Gasteiger partial charge in [0.2, 0.25) is 11.8 Å². The number of amides is 2. The molecule has 0 spiro atoms. The zero-order valence-electron chi connectivity index (χ0n) is 11.5. The van der Waals surface area contributed by atoms with E-state index in [1.807, 2.05) is 24.3 Å². The molecular weight excluding hydrogens is 252 g/mol. The zero-order valence-corrected chi connectivity index (χ0v) is 11.5. The summed E-state index contributed by atoms with van der Waals surface area (Å²) in [6, 6.07) is 7.94. The summed E-state index contributed by atoms with van der Waals surface area (Å²) in [5, 5.41) is 5.09. The van der Waals surface area contributed by atoms with Crippen molar-refractivity contribution in [3.63, 3.8) is 0 Å². The second-order valence-corrected chi connectivity index (χ2v) is 4.36. The lowest BCUT2D eigenvalue weighted by molar-refractivity contribution is -0.120. The van der Waals surface area contributed by atoms with E-state index in [0.29, 0.717) is 25.7 Å². The van der Waals surface area contributed by atoms with Gasteiger partial charge >= 0.3 is 0 Å². The molecule has 2 N–H and O–H groups in total. The number of rotatable bonds is 8. The Balaban J connectivity index is 2.48. The van der Waals surface area contributed by atoms with Crippen LogP contribution in [0.25, 0.3) is 0 Å². The second-order valence-electron chi connectivity index (χ2n) is 4.36. The normalized spacial score (nSPS) is 9.60. The van der Waals surface area contributed by atoms with Crippen molar-refractivity contribution in [3.05, 3.63) is 61.0 Å². The minimum atomic E-state index is -0.0456. The van der Waals surface area contributed by atoms with E-state index in [9.17, 15) is 9.59 Å². The third-order valence-corrected chi connectivity index (χ3v) is 2.80. The van der Waals surface area contributed by atoms with E-state index < -0.39 is 0 Å². The van der Waals surface area contributed by atoms with Gasteiger partial charge in [0.1, 0.15) is 0 Å². The minimum Gasteiger partial charge on any atom is -0.333 e. The van der Waals surface area contributed by atoms with Gasteiger partial charge < -0.3 is 10.6 Å². The Labute approximate surface area is 119 Å². The maximum Gasteiger partial charge on any atom is 0.224 e. The van der Waals surface area contributed by atoms with Gasteiger partial charge in [-0.15, -0.1) is 0 Å². The number of carbonyl (C=O) groups excluding carboxylic acids is 2. The number of aryl methyl sites for hydroxylation is 2. The molecule has 0 aliphatic carbocycles. The molecule has 0 aromatic heterocycles. The number of hydrogen-bond donors (Lipinski definition) is 2. The molecule has 106 valence electrons. The van der Waals surface area contributed by atoms with Crippen molar-refractivity contribution in [2.75, 3.05) is 0 Å². The molecule has 0 atom stereocenters. The van der Waals surface area contributed by atoms with Gasteiger partial charge in [-0.05, 0) is 36.4 Å². The van der Waals surface area contributed by atoms with Crippen molar-refractivity contribution in [3.8, 4) is 0 Å². The van der Waals surface area contributed by atoms with Crippen LogP contribution < -0.4 is 10.6 Å². The third kappa shape index (κ3) is 6.00. The van der Waals surface area contributed by atoms with E-state index in [2.05, 4.69) is 23.8 Å². The Morgan fingerprint density at radius 1 is 0.950 bits per heavy atom. The Hall–Kier alpha value is -2.36. The van der Waals surface area contributed by atoms with E-state index in [1.54, 1.807) is 0 Å². The minimum absolute atomic E-state index is 0.0456. The monoisotopic (exact) mass is 272 g/mol. The summed E-state index contributed by atoms with van der Waals surface area (Å²) >= 11 is 0. The molecule has 1 rings (SSSR count). The van der Waals surface area contributed by atoms with Crippen LogP contribution in [0.2, 0.25) is 0 Å².